The molecular formula is C9H16ClF2N. The summed E-state index contributed by atoms with van der Waals surface area (Å²) in [7, 11) is 0. The van der Waals surface area contributed by atoms with Crippen molar-refractivity contribution in [3.63, 3.8) is 0 Å². The zero-order valence-electron chi connectivity index (χ0n) is 7.56. The first-order valence-electron chi connectivity index (χ1n) is 4.68. The van der Waals surface area contributed by atoms with E-state index in [0.717, 1.165) is 25.7 Å². The van der Waals surface area contributed by atoms with Crippen LogP contribution < -0.4 is 5.73 Å². The van der Waals surface area contributed by atoms with Crippen LogP contribution >= 0.6 is 12.4 Å². The summed E-state index contributed by atoms with van der Waals surface area (Å²) < 4.78 is 25.4. The fraction of sp³-hybridized carbons (Fsp3) is 1.00. The lowest BCUT2D eigenvalue weighted by Crippen LogP contribution is -2.57. The van der Waals surface area contributed by atoms with E-state index in [0.29, 0.717) is 0 Å². The molecule has 0 aromatic rings. The summed E-state index contributed by atoms with van der Waals surface area (Å²) in [6.45, 7) is 0. The van der Waals surface area contributed by atoms with E-state index in [9.17, 15) is 8.78 Å². The van der Waals surface area contributed by atoms with Crippen molar-refractivity contribution in [3.8, 4) is 0 Å². The third kappa shape index (κ3) is 1.82. The molecule has 0 saturated heterocycles. The Kier molecular flexibility index (Phi) is 2.89. The van der Waals surface area contributed by atoms with Gasteiger partial charge in [0.05, 0.1) is 0 Å². The molecule has 1 spiro atoms. The van der Waals surface area contributed by atoms with Crippen LogP contribution in [0.25, 0.3) is 0 Å². The van der Waals surface area contributed by atoms with Crippen molar-refractivity contribution in [2.24, 2.45) is 11.1 Å². The summed E-state index contributed by atoms with van der Waals surface area (Å²) in [5, 5.41) is 0. The Hall–Kier alpha value is 0.110. The molecule has 1 nitrogen and oxygen atoms in total. The summed E-state index contributed by atoms with van der Waals surface area (Å²) >= 11 is 0. The zero-order valence-corrected chi connectivity index (χ0v) is 8.38. The number of halogens is 3. The lowest BCUT2D eigenvalue weighted by Gasteiger charge is -2.53. The average molecular weight is 212 g/mol. The second-order valence-corrected chi connectivity index (χ2v) is 4.42. The third-order valence-corrected chi connectivity index (χ3v) is 3.45. The van der Waals surface area contributed by atoms with Crippen molar-refractivity contribution >= 4 is 12.4 Å². The standard InChI is InChI=1S/C9H15F2N.ClH/c10-9(11)5-8(6-9)4-2-1-3-7(8)12;/h7H,1-6,12H2;1H. The maximum absolute atomic E-state index is 12.7. The van der Waals surface area contributed by atoms with Gasteiger partial charge in [0.2, 0.25) is 5.92 Å². The minimum atomic E-state index is -2.41. The van der Waals surface area contributed by atoms with Crippen molar-refractivity contribution in [2.45, 2.75) is 50.5 Å². The fourth-order valence-corrected chi connectivity index (χ4v) is 2.75. The highest BCUT2D eigenvalue weighted by Gasteiger charge is 2.59. The zero-order chi connectivity index (χ0) is 8.82. The molecule has 13 heavy (non-hydrogen) atoms. The quantitative estimate of drug-likeness (QED) is 0.655. The Balaban J connectivity index is 0.000000845. The number of hydrogen-bond acceptors (Lipinski definition) is 1. The highest BCUT2D eigenvalue weighted by atomic mass is 35.5. The maximum Gasteiger partial charge on any atom is 0.249 e. The minimum absolute atomic E-state index is 0. The smallest absolute Gasteiger partial charge is 0.249 e. The molecule has 0 aliphatic heterocycles. The van der Waals surface area contributed by atoms with Gasteiger partial charge in [-0.2, -0.15) is 0 Å². The van der Waals surface area contributed by atoms with Crippen LogP contribution in [0.1, 0.15) is 38.5 Å². The van der Waals surface area contributed by atoms with E-state index in [1.54, 1.807) is 0 Å². The highest BCUT2D eigenvalue weighted by molar-refractivity contribution is 5.85. The molecule has 1 atom stereocenters. The molecule has 0 aromatic heterocycles. The number of alkyl halides is 2. The van der Waals surface area contributed by atoms with Gasteiger partial charge >= 0.3 is 0 Å². The Morgan fingerprint density at radius 3 is 2.23 bits per heavy atom. The Labute approximate surface area is 83.5 Å². The number of nitrogens with two attached hydrogens (primary N) is 1. The topological polar surface area (TPSA) is 26.0 Å². The first kappa shape index (κ1) is 11.2. The number of rotatable bonds is 0. The van der Waals surface area contributed by atoms with Crippen molar-refractivity contribution in [1.29, 1.82) is 0 Å². The van der Waals surface area contributed by atoms with Gasteiger partial charge in [0.25, 0.3) is 0 Å². The van der Waals surface area contributed by atoms with E-state index in [2.05, 4.69) is 0 Å². The van der Waals surface area contributed by atoms with Crippen LogP contribution in [0.4, 0.5) is 8.78 Å². The van der Waals surface area contributed by atoms with E-state index in [1.165, 1.54) is 0 Å². The lowest BCUT2D eigenvalue weighted by molar-refractivity contribution is -0.179. The minimum Gasteiger partial charge on any atom is -0.327 e. The Morgan fingerprint density at radius 2 is 1.77 bits per heavy atom. The first-order chi connectivity index (χ1) is 5.54. The molecular weight excluding hydrogens is 196 g/mol. The highest BCUT2D eigenvalue weighted by Crippen LogP contribution is 2.58. The summed E-state index contributed by atoms with van der Waals surface area (Å²) in [5.41, 5.74) is 5.68. The van der Waals surface area contributed by atoms with Gasteiger partial charge in [-0.3, -0.25) is 0 Å². The van der Waals surface area contributed by atoms with Crippen LogP contribution in [0.2, 0.25) is 0 Å². The molecule has 0 radical (unpaired) electrons. The molecule has 78 valence electrons. The van der Waals surface area contributed by atoms with Gasteiger partial charge < -0.3 is 5.73 Å². The van der Waals surface area contributed by atoms with Gasteiger partial charge in [-0.1, -0.05) is 12.8 Å². The lowest BCUT2D eigenvalue weighted by atomic mass is 9.56. The first-order valence-corrected chi connectivity index (χ1v) is 4.68. The molecule has 0 amide bonds. The van der Waals surface area contributed by atoms with Gasteiger partial charge in [-0.05, 0) is 18.3 Å². The predicted octanol–water partition coefficient (Wildman–Crippen LogP) is 2.73. The summed E-state index contributed by atoms with van der Waals surface area (Å²) in [6.07, 6.45) is 4.15. The van der Waals surface area contributed by atoms with Crippen molar-refractivity contribution in [2.75, 3.05) is 0 Å². The SMILES string of the molecule is Cl.NC1CCCCC12CC(F)(F)C2. The van der Waals surface area contributed by atoms with Crippen molar-refractivity contribution in [1.82, 2.24) is 0 Å². The van der Waals surface area contributed by atoms with E-state index in [4.69, 9.17) is 5.73 Å². The van der Waals surface area contributed by atoms with Gasteiger partial charge in [-0.15, -0.1) is 12.4 Å². The fourth-order valence-electron chi connectivity index (χ4n) is 2.75. The Morgan fingerprint density at radius 1 is 1.15 bits per heavy atom. The molecule has 1 unspecified atom stereocenters. The molecule has 2 rings (SSSR count). The van der Waals surface area contributed by atoms with E-state index in [1.807, 2.05) is 0 Å². The predicted molar refractivity (Wildman–Crippen MR) is 50.3 cm³/mol. The van der Waals surface area contributed by atoms with E-state index < -0.39 is 5.92 Å². The van der Waals surface area contributed by atoms with Gasteiger partial charge in [0.1, 0.15) is 0 Å². The van der Waals surface area contributed by atoms with Crippen LogP contribution in [0.15, 0.2) is 0 Å². The van der Waals surface area contributed by atoms with Crippen LogP contribution in [0, 0.1) is 5.41 Å². The van der Waals surface area contributed by atoms with Crippen molar-refractivity contribution < 1.29 is 8.78 Å². The largest absolute Gasteiger partial charge is 0.327 e. The summed E-state index contributed by atoms with van der Waals surface area (Å²) in [4.78, 5) is 0. The monoisotopic (exact) mass is 211 g/mol. The van der Waals surface area contributed by atoms with E-state index in [-0.39, 0.29) is 36.7 Å². The normalized spacial score (nSPS) is 34.8. The molecule has 0 bridgehead atoms. The molecule has 4 heteroatoms. The molecule has 2 fully saturated rings. The Bertz CT molecular complexity index is 188. The number of hydrogen-bond donors (Lipinski definition) is 1. The van der Waals surface area contributed by atoms with Crippen LogP contribution in [0.3, 0.4) is 0 Å². The molecule has 2 N–H and O–H groups in total. The summed E-state index contributed by atoms with van der Waals surface area (Å²) in [5.74, 6) is -2.41. The van der Waals surface area contributed by atoms with Gasteiger partial charge in [0, 0.05) is 18.9 Å². The molecule has 2 aliphatic rings. The molecule has 0 aromatic carbocycles. The van der Waals surface area contributed by atoms with Crippen LogP contribution in [0.5, 0.6) is 0 Å². The van der Waals surface area contributed by atoms with Gasteiger partial charge in [-0.25, -0.2) is 8.78 Å². The second-order valence-electron chi connectivity index (χ2n) is 4.42. The maximum atomic E-state index is 12.7. The van der Waals surface area contributed by atoms with Crippen LogP contribution in [-0.2, 0) is 0 Å². The average Bonchev–Trinajstić information content (AvgIpc) is 1.91. The molecule has 2 aliphatic carbocycles. The molecule has 2 saturated carbocycles. The third-order valence-electron chi connectivity index (χ3n) is 3.45. The van der Waals surface area contributed by atoms with Crippen molar-refractivity contribution in [3.05, 3.63) is 0 Å². The van der Waals surface area contributed by atoms with Crippen LogP contribution in [-0.4, -0.2) is 12.0 Å². The summed E-state index contributed by atoms with van der Waals surface area (Å²) in [6, 6.07) is 0.0332. The van der Waals surface area contributed by atoms with E-state index >= 15 is 0 Å². The second kappa shape index (κ2) is 3.35. The van der Waals surface area contributed by atoms with Gasteiger partial charge in [0.15, 0.2) is 0 Å². The molecule has 0 heterocycles.